The van der Waals surface area contributed by atoms with Gasteiger partial charge in [0.15, 0.2) is 5.82 Å². The van der Waals surface area contributed by atoms with E-state index in [2.05, 4.69) is 25.9 Å². The number of benzene rings is 3. The number of hydrogen-bond donors (Lipinski definition) is 2. The molecule has 40 heavy (non-hydrogen) atoms. The second-order valence-corrected chi connectivity index (χ2v) is 11.6. The molecule has 0 saturated heterocycles. The van der Waals surface area contributed by atoms with E-state index in [0.29, 0.717) is 44.9 Å². The molecule has 2 N–H and O–H groups in total. The fourth-order valence-electron chi connectivity index (χ4n) is 4.64. The highest BCUT2D eigenvalue weighted by atomic mass is 35.5. The summed E-state index contributed by atoms with van der Waals surface area (Å²) in [5.41, 5.74) is 3.16. The van der Waals surface area contributed by atoms with Crippen molar-refractivity contribution in [2.45, 2.75) is 39.4 Å². The van der Waals surface area contributed by atoms with E-state index in [0.717, 1.165) is 5.56 Å². The van der Waals surface area contributed by atoms with Crippen LogP contribution in [0.15, 0.2) is 66.7 Å². The van der Waals surface area contributed by atoms with Crippen molar-refractivity contribution in [3.63, 3.8) is 0 Å². The maximum absolute atomic E-state index is 14.0. The van der Waals surface area contributed by atoms with Crippen molar-refractivity contribution in [3.8, 4) is 11.4 Å². The Hall–Kier alpha value is -3.79. The van der Waals surface area contributed by atoms with Crippen LogP contribution in [0.3, 0.4) is 0 Å². The third-order valence-corrected chi connectivity index (χ3v) is 6.96. The van der Waals surface area contributed by atoms with Crippen molar-refractivity contribution < 1.29 is 14.3 Å². The van der Waals surface area contributed by atoms with Gasteiger partial charge in [-0.05, 0) is 64.4 Å². The molecule has 0 unspecified atom stereocenters. The highest BCUT2D eigenvalue weighted by molar-refractivity contribution is 6.31. The predicted octanol–water partition coefficient (Wildman–Crippen LogP) is 6.07. The Bertz CT molecular complexity index is 1520. The van der Waals surface area contributed by atoms with Gasteiger partial charge in [-0.15, -0.1) is 5.10 Å². The van der Waals surface area contributed by atoms with Crippen LogP contribution >= 0.6 is 23.2 Å². The van der Waals surface area contributed by atoms with E-state index in [-0.39, 0.29) is 23.7 Å². The summed E-state index contributed by atoms with van der Waals surface area (Å²) in [7, 11) is 0. The zero-order valence-electron chi connectivity index (χ0n) is 22.2. The van der Waals surface area contributed by atoms with Gasteiger partial charge in [0.2, 0.25) is 5.91 Å². The summed E-state index contributed by atoms with van der Waals surface area (Å²) >= 11 is 13.0. The number of nitrogens with zero attached hydrogens (tertiary/aromatic N) is 4. The van der Waals surface area contributed by atoms with Gasteiger partial charge in [0.05, 0.1) is 6.42 Å². The van der Waals surface area contributed by atoms with E-state index in [1.807, 2.05) is 45.0 Å². The van der Waals surface area contributed by atoms with Crippen LogP contribution in [0.5, 0.6) is 0 Å². The molecule has 1 aliphatic heterocycles. The summed E-state index contributed by atoms with van der Waals surface area (Å²) in [6.07, 6.45) is -1.99. The minimum absolute atomic E-state index is 0.198. The molecule has 0 radical (unpaired) electrons. The van der Waals surface area contributed by atoms with Crippen LogP contribution < -0.4 is 10.2 Å². The van der Waals surface area contributed by atoms with Crippen LogP contribution in [-0.2, 0) is 14.3 Å². The van der Waals surface area contributed by atoms with Gasteiger partial charge in [-0.2, -0.15) is 0 Å². The van der Waals surface area contributed by atoms with Gasteiger partial charge in [-0.3, -0.25) is 9.59 Å². The van der Waals surface area contributed by atoms with Crippen molar-refractivity contribution in [1.29, 1.82) is 0 Å². The molecule has 1 aromatic heterocycles. The van der Waals surface area contributed by atoms with Crippen molar-refractivity contribution >= 4 is 46.4 Å². The summed E-state index contributed by atoms with van der Waals surface area (Å²) < 4.78 is 6.47. The van der Waals surface area contributed by atoms with Crippen molar-refractivity contribution in [3.05, 3.63) is 87.9 Å². The van der Waals surface area contributed by atoms with Gasteiger partial charge in [-0.25, -0.2) is 5.10 Å². The largest absolute Gasteiger partial charge is 0.355 e. The first-order valence-corrected chi connectivity index (χ1v) is 13.5. The number of carbonyl (C=O) groups excluding carboxylic acids is 2. The Labute approximate surface area is 241 Å². The zero-order valence-corrected chi connectivity index (χ0v) is 23.7. The molecule has 206 valence electrons. The Kier molecular flexibility index (Phi) is 7.89. The average molecular weight is 579 g/mol. The Morgan fingerprint density at radius 2 is 1.80 bits per heavy atom. The number of amides is 2. The van der Waals surface area contributed by atoms with Crippen LogP contribution in [0.25, 0.3) is 11.4 Å². The first-order valence-electron chi connectivity index (χ1n) is 12.7. The van der Waals surface area contributed by atoms with Crippen LogP contribution in [0.2, 0.25) is 10.0 Å². The van der Waals surface area contributed by atoms with Gasteiger partial charge in [-0.1, -0.05) is 62.2 Å². The number of tetrazole rings is 1. The molecule has 5 rings (SSSR count). The molecule has 0 spiro atoms. The third-order valence-electron chi connectivity index (χ3n) is 6.38. The molecule has 2 heterocycles. The molecule has 0 fully saturated rings. The van der Waals surface area contributed by atoms with Crippen molar-refractivity contribution in [2.75, 3.05) is 16.8 Å². The smallest absolute Gasteiger partial charge is 0.256 e. The Morgan fingerprint density at radius 1 is 1.05 bits per heavy atom. The minimum Gasteiger partial charge on any atom is -0.355 e. The number of hydrogen-bond acceptors (Lipinski definition) is 6. The lowest BCUT2D eigenvalue weighted by Crippen LogP contribution is -2.44. The maximum Gasteiger partial charge on any atom is 0.256 e. The van der Waals surface area contributed by atoms with Gasteiger partial charge in [0.25, 0.3) is 5.91 Å². The second kappa shape index (κ2) is 11.4. The number of aromatic amines is 1. The lowest BCUT2D eigenvalue weighted by molar-refractivity contribution is -0.136. The summed E-state index contributed by atoms with van der Waals surface area (Å²) in [5, 5.41) is 17.6. The van der Waals surface area contributed by atoms with Crippen LogP contribution in [0.4, 0.5) is 11.4 Å². The summed E-state index contributed by atoms with van der Waals surface area (Å²) in [6.45, 7) is 6.56. The van der Waals surface area contributed by atoms with Crippen LogP contribution in [0, 0.1) is 5.41 Å². The highest BCUT2D eigenvalue weighted by Crippen LogP contribution is 2.42. The van der Waals surface area contributed by atoms with Gasteiger partial charge < -0.3 is 15.0 Å². The number of nitrogens with one attached hydrogen (secondary N) is 2. The number of ether oxygens (including phenoxy) is 1. The predicted molar refractivity (Wildman–Crippen MR) is 154 cm³/mol. The number of rotatable bonds is 6. The summed E-state index contributed by atoms with van der Waals surface area (Å²) in [4.78, 5) is 29.0. The van der Waals surface area contributed by atoms with Crippen LogP contribution in [0.1, 0.15) is 44.4 Å². The van der Waals surface area contributed by atoms with Crippen LogP contribution in [-0.4, -0.2) is 45.1 Å². The second-order valence-electron chi connectivity index (χ2n) is 10.8. The van der Waals surface area contributed by atoms with Gasteiger partial charge in [0.1, 0.15) is 12.2 Å². The molecule has 9 nitrogen and oxygen atoms in total. The lowest BCUT2D eigenvalue weighted by atomic mass is 9.94. The molecule has 0 saturated carbocycles. The molecule has 0 bridgehead atoms. The van der Waals surface area contributed by atoms with E-state index >= 15 is 0 Å². The zero-order chi connectivity index (χ0) is 28.4. The first-order chi connectivity index (χ1) is 19.1. The van der Waals surface area contributed by atoms with E-state index in [9.17, 15) is 9.59 Å². The average Bonchev–Trinajstić information content (AvgIpc) is 3.42. The molecule has 2 amide bonds. The number of anilines is 2. The monoisotopic (exact) mass is 578 g/mol. The highest BCUT2D eigenvalue weighted by Gasteiger charge is 2.39. The van der Waals surface area contributed by atoms with Crippen molar-refractivity contribution in [1.82, 2.24) is 20.6 Å². The van der Waals surface area contributed by atoms with E-state index in [4.69, 9.17) is 27.9 Å². The van der Waals surface area contributed by atoms with Crippen molar-refractivity contribution in [2.24, 2.45) is 5.41 Å². The Balaban J connectivity index is 1.46. The minimum atomic E-state index is -1.07. The summed E-state index contributed by atoms with van der Waals surface area (Å²) in [5.74, 6) is -0.166. The van der Waals surface area contributed by atoms with E-state index in [1.165, 1.54) is 0 Å². The fraction of sp³-hybridized carbons (Fsp3) is 0.276. The molecule has 3 aromatic carbocycles. The number of halogens is 2. The number of aromatic nitrogens is 4. The molecule has 0 aliphatic carbocycles. The fourth-order valence-corrected chi connectivity index (χ4v) is 5.06. The number of H-pyrrole nitrogens is 1. The molecule has 1 aliphatic rings. The molecule has 2 atom stereocenters. The van der Waals surface area contributed by atoms with E-state index < -0.39 is 12.2 Å². The summed E-state index contributed by atoms with van der Waals surface area (Å²) in [6, 6.07) is 19.7. The quantitative estimate of drug-likeness (QED) is 0.287. The molecule has 11 heteroatoms. The molecular formula is C29H28Cl2N6O3. The standard InChI is InChI=1S/C29H28Cl2N6O3/c1-29(2,3)16-37-23-13-10-18(30)14-21(23)26(20-6-4-5-7-22(20)31)40-24(28(37)39)15-25(38)32-19-11-8-17(9-12-19)27-33-35-36-34-27/h4-14,24,26H,15-16H2,1-3H3,(H,32,38)(H,33,34,35,36)/t24-,26-/m0/s1. The third kappa shape index (κ3) is 6.17. The maximum atomic E-state index is 14.0. The number of carbonyl (C=O) groups is 2. The lowest BCUT2D eigenvalue weighted by Gasteiger charge is -2.31. The normalized spacial score (nSPS) is 17.3. The first kappa shape index (κ1) is 27.8. The molecular weight excluding hydrogens is 551 g/mol. The van der Waals surface area contributed by atoms with E-state index in [1.54, 1.807) is 47.4 Å². The van der Waals surface area contributed by atoms with Gasteiger partial charge >= 0.3 is 0 Å². The topological polar surface area (TPSA) is 113 Å². The van der Waals surface area contributed by atoms with Gasteiger partial charge in [0, 0.05) is 44.7 Å². The SMILES string of the molecule is CC(C)(C)CN1C(=O)[C@H](CC(=O)Nc2ccc(-c3nnn[nH]3)cc2)O[C@@H](c2ccccc2Cl)c2cc(Cl)ccc21. The molecule has 4 aromatic rings. The number of fused-ring (bicyclic) bond motifs is 1. The Morgan fingerprint density at radius 3 is 2.48 bits per heavy atom.